The van der Waals surface area contributed by atoms with E-state index in [-0.39, 0.29) is 18.0 Å². The van der Waals surface area contributed by atoms with Crippen LogP contribution in [0.25, 0.3) is 0 Å². The minimum atomic E-state index is 0.101. The summed E-state index contributed by atoms with van der Waals surface area (Å²) in [6.07, 6.45) is 7.94. The van der Waals surface area contributed by atoms with Crippen molar-refractivity contribution in [2.75, 3.05) is 0 Å². The van der Waals surface area contributed by atoms with Crippen molar-refractivity contribution in [3.05, 3.63) is 30.1 Å². The number of rotatable bonds is 4. The van der Waals surface area contributed by atoms with Gasteiger partial charge in [0.25, 0.3) is 0 Å². The number of carbonyl (C=O) groups excluding carboxylic acids is 1. The molecule has 0 radical (unpaired) electrons. The second-order valence-corrected chi connectivity index (χ2v) is 4.62. The first-order valence-corrected chi connectivity index (χ1v) is 6.19. The highest BCUT2D eigenvalue weighted by atomic mass is 16.1. The van der Waals surface area contributed by atoms with Crippen LogP contribution < -0.4 is 11.1 Å². The standard InChI is InChI=1S/C13H19N3O/c14-11-2-1-3-12(11)16-13(17)5-4-10-6-8-15-9-7-10/h6-9,11-12H,1-5,14H2,(H,16,17). The van der Waals surface area contributed by atoms with Crippen molar-refractivity contribution in [3.8, 4) is 0 Å². The molecule has 0 aliphatic heterocycles. The van der Waals surface area contributed by atoms with E-state index in [9.17, 15) is 4.79 Å². The molecule has 1 aromatic rings. The lowest BCUT2D eigenvalue weighted by molar-refractivity contribution is -0.121. The van der Waals surface area contributed by atoms with Gasteiger partial charge in [0.05, 0.1) is 0 Å². The van der Waals surface area contributed by atoms with Gasteiger partial charge in [-0.2, -0.15) is 0 Å². The molecule has 2 rings (SSSR count). The Morgan fingerprint density at radius 3 is 2.82 bits per heavy atom. The summed E-state index contributed by atoms with van der Waals surface area (Å²) >= 11 is 0. The van der Waals surface area contributed by atoms with Gasteiger partial charge < -0.3 is 11.1 Å². The van der Waals surface area contributed by atoms with Gasteiger partial charge in [0.2, 0.25) is 5.91 Å². The third kappa shape index (κ3) is 3.53. The molecule has 0 spiro atoms. The maximum atomic E-state index is 11.7. The molecular weight excluding hydrogens is 214 g/mol. The van der Waals surface area contributed by atoms with Crippen molar-refractivity contribution in [3.63, 3.8) is 0 Å². The van der Waals surface area contributed by atoms with Crippen LogP contribution in [0.3, 0.4) is 0 Å². The van der Waals surface area contributed by atoms with Gasteiger partial charge in [-0.1, -0.05) is 0 Å². The van der Waals surface area contributed by atoms with Crippen LogP contribution >= 0.6 is 0 Å². The first-order valence-electron chi connectivity index (χ1n) is 6.19. The first-order chi connectivity index (χ1) is 8.25. The molecule has 4 heteroatoms. The normalized spacial score (nSPS) is 23.6. The second-order valence-electron chi connectivity index (χ2n) is 4.62. The van der Waals surface area contributed by atoms with Crippen molar-refractivity contribution >= 4 is 5.91 Å². The van der Waals surface area contributed by atoms with Gasteiger partial charge in [-0.15, -0.1) is 0 Å². The van der Waals surface area contributed by atoms with Crippen LogP contribution in [0.5, 0.6) is 0 Å². The van der Waals surface area contributed by atoms with Crippen LogP contribution in [0.1, 0.15) is 31.2 Å². The van der Waals surface area contributed by atoms with E-state index in [1.54, 1.807) is 12.4 Å². The summed E-state index contributed by atoms with van der Waals surface area (Å²) in [4.78, 5) is 15.7. The molecule has 2 atom stereocenters. The molecule has 92 valence electrons. The monoisotopic (exact) mass is 233 g/mol. The van der Waals surface area contributed by atoms with Gasteiger partial charge in [-0.3, -0.25) is 9.78 Å². The lowest BCUT2D eigenvalue weighted by atomic mass is 10.1. The Balaban J connectivity index is 1.74. The Kier molecular flexibility index (Phi) is 4.09. The fourth-order valence-electron chi connectivity index (χ4n) is 2.25. The van der Waals surface area contributed by atoms with E-state index in [1.165, 1.54) is 0 Å². The van der Waals surface area contributed by atoms with Crippen LogP contribution in [0.2, 0.25) is 0 Å². The highest BCUT2D eigenvalue weighted by Crippen LogP contribution is 2.17. The summed E-state index contributed by atoms with van der Waals surface area (Å²) in [7, 11) is 0. The van der Waals surface area contributed by atoms with E-state index in [0.29, 0.717) is 6.42 Å². The second kappa shape index (κ2) is 5.77. The molecule has 17 heavy (non-hydrogen) atoms. The molecule has 1 aliphatic carbocycles. The predicted octanol–water partition coefficient (Wildman–Crippen LogP) is 1.01. The zero-order valence-corrected chi connectivity index (χ0v) is 9.93. The minimum Gasteiger partial charge on any atom is -0.352 e. The first kappa shape index (κ1) is 12.0. The van der Waals surface area contributed by atoms with Gasteiger partial charge in [0.15, 0.2) is 0 Å². The van der Waals surface area contributed by atoms with Crippen molar-refractivity contribution < 1.29 is 4.79 Å². The van der Waals surface area contributed by atoms with E-state index in [4.69, 9.17) is 5.73 Å². The number of amides is 1. The third-order valence-corrected chi connectivity index (χ3v) is 3.31. The third-order valence-electron chi connectivity index (χ3n) is 3.31. The van der Waals surface area contributed by atoms with Crippen molar-refractivity contribution in [1.29, 1.82) is 0 Å². The Labute approximate surface area is 102 Å². The van der Waals surface area contributed by atoms with Crippen LogP contribution in [0.15, 0.2) is 24.5 Å². The molecule has 1 saturated carbocycles. The topological polar surface area (TPSA) is 68.0 Å². The number of pyridine rings is 1. The van der Waals surface area contributed by atoms with Crippen LogP contribution in [0, 0.1) is 0 Å². The number of carbonyl (C=O) groups is 1. The average molecular weight is 233 g/mol. The number of aromatic nitrogens is 1. The molecule has 0 aromatic carbocycles. The van der Waals surface area contributed by atoms with E-state index < -0.39 is 0 Å². The largest absolute Gasteiger partial charge is 0.352 e. The quantitative estimate of drug-likeness (QED) is 0.815. The Bertz CT molecular complexity index is 366. The summed E-state index contributed by atoms with van der Waals surface area (Å²) in [6.45, 7) is 0. The Hall–Kier alpha value is -1.42. The molecule has 4 nitrogen and oxygen atoms in total. The van der Waals surface area contributed by atoms with Gasteiger partial charge in [0, 0.05) is 30.9 Å². The van der Waals surface area contributed by atoms with E-state index in [1.807, 2.05) is 12.1 Å². The molecule has 1 aromatic heterocycles. The van der Waals surface area contributed by atoms with Gasteiger partial charge in [-0.25, -0.2) is 0 Å². The smallest absolute Gasteiger partial charge is 0.220 e. The SMILES string of the molecule is NC1CCCC1NC(=O)CCc1ccncc1. The maximum absolute atomic E-state index is 11.7. The van der Waals surface area contributed by atoms with E-state index >= 15 is 0 Å². The highest BCUT2D eigenvalue weighted by molar-refractivity contribution is 5.76. The van der Waals surface area contributed by atoms with Crippen LogP contribution in [0.4, 0.5) is 0 Å². The zero-order chi connectivity index (χ0) is 12.1. The van der Waals surface area contributed by atoms with Crippen molar-refractivity contribution in [2.45, 2.75) is 44.2 Å². The molecule has 1 aliphatic rings. The molecule has 2 unspecified atom stereocenters. The van der Waals surface area contributed by atoms with Crippen molar-refractivity contribution in [2.24, 2.45) is 5.73 Å². The number of nitrogens with two attached hydrogens (primary N) is 1. The van der Waals surface area contributed by atoms with Gasteiger partial charge in [-0.05, 0) is 43.4 Å². The number of nitrogens with zero attached hydrogens (tertiary/aromatic N) is 1. The molecule has 0 bridgehead atoms. The summed E-state index contributed by atoms with van der Waals surface area (Å²) < 4.78 is 0. The predicted molar refractivity (Wildman–Crippen MR) is 66.3 cm³/mol. The molecule has 3 N–H and O–H groups in total. The van der Waals surface area contributed by atoms with Gasteiger partial charge >= 0.3 is 0 Å². The molecule has 1 amide bonds. The van der Waals surface area contributed by atoms with Crippen molar-refractivity contribution in [1.82, 2.24) is 10.3 Å². The molecule has 1 fully saturated rings. The molecular formula is C13H19N3O. The molecule has 0 saturated heterocycles. The van der Waals surface area contributed by atoms with Crippen LogP contribution in [-0.4, -0.2) is 23.0 Å². The van der Waals surface area contributed by atoms with Crippen LogP contribution in [-0.2, 0) is 11.2 Å². The van der Waals surface area contributed by atoms with Gasteiger partial charge in [0.1, 0.15) is 0 Å². The van der Waals surface area contributed by atoms with E-state index in [0.717, 1.165) is 31.2 Å². The minimum absolute atomic E-state index is 0.101. The number of nitrogens with one attached hydrogen (secondary N) is 1. The van der Waals surface area contributed by atoms with E-state index in [2.05, 4.69) is 10.3 Å². The molecule has 1 heterocycles. The fraction of sp³-hybridized carbons (Fsp3) is 0.538. The fourth-order valence-corrected chi connectivity index (χ4v) is 2.25. The zero-order valence-electron chi connectivity index (χ0n) is 9.93. The number of hydrogen-bond donors (Lipinski definition) is 2. The summed E-state index contributed by atoms with van der Waals surface area (Å²) in [6, 6.07) is 4.20. The lowest BCUT2D eigenvalue weighted by Crippen LogP contribution is -2.44. The summed E-state index contributed by atoms with van der Waals surface area (Å²) in [5, 5.41) is 3.02. The maximum Gasteiger partial charge on any atom is 0.220 e. The summed E-state index contributed by atoms with van der Waals surface area (Å²) in [5.74, 6) is 0.101. The lowest BCUT2D eigenvalue weighted by Gasteiger charge is -2.17. The summed E-state index contributed by atoms with van der Waals surface area (Å²) in [5.41, 5.74) is 7.06. The Morgan fingerprint density at radius 1 is 1.41 bits per heavy atom. The highest BCUT2D eigenvalue weighted by Gasteiger charge is 2.24. The average Bonchev–Trinajstić information content (AvgIpc) is 2.74. The number of aryl methyl sites for hydroxylation is 1. The number of hydrogen-bond acceptors (Lipinski definition) is 3. The Morgan fingerprint density at radius 2 is 2.18 bits per heavy atom.